The molecule has 4 rings (SSSR count). The van der Waals surface area contributed by atoms with Gasteiger partial charge in [0.15, 0.2) is 0 Å². The lowest BCUT2D eigenvalue weighted by Crippen LogP contribution is -2.04. The van der Waals surface area contributed by atoms with Gasteiger partial charge in [0, 0.05) is 12.1 Å². The van der Waals surface area contributed by atoms with E-state index in [1.54, 1.807) is 0 Å². The van der Waals surface area contributed by atoms with Crippen LogP contribution in [0, 0.1) is 6.92 Å². The smallest absolute Gasteiger partial charge is 0.0392 e. The van der Waals surface area contributed by atoms with E-state index in [1.807, 2.05) is 6.07 Å². The van der Waals surface area contributed by atoms with E-state index in [9.17, 15) is 0 Å². The molecule has 4 aromatic rings. The summed E-state index contributed by atoms with van der Waals surface area (Å²) in [6, 6.07) is 34.2. The van der Waals surface area contributed by atoms with Crippen molar-refractivity contribution in [2.45, 2.75) is 19.8 Å². The largest absolute Gasteiger partial charge is 0.398 e. The van der Waals surface area contributed by atoms with Crippen molar-refractivity contribution in [3.8, 4) is 11.1 Å². The summed E-state index contributed by atoms with van der Waals surface area (Å²) in [7, 11) is 0. The molecule has 4 aromatic carbocycles. The van der Waals surface area contributed by atoms with Crippen LogP contribution < -0.4 is 5.73 Å². The molecule has 0 amide bonds. The summed E-state index contributed by atoms with van der Waals surface area (Å²) in [5.74, 6) is 0. The van der Waals surface area contributed by atoms with Gasteiger partial charge < -0.3 is 5.73 Å². The number of nitrogens with two attached hydrogens (primary N) is 1. The second kappa shape index (κ2) is 8.14. The second-order valence-electron chi connectivity index (χ2n) is 7.36. The van der Waals surface area contributed by atoms with Gasteiger partial charge in [-0.15, -0.1) is 0 Å². The topological polar surface area (TPSA) is 26.0 Å². The van der Waals surface area contributed by atoms with E-state index < -0.39 is 0 Å². The van der Waals surface area contributed by atoms with E-state index >= 15 is 0 Å². The van der Waals surface area contributed by atoms with Crippen molar-refractivity contribution in [1.29, 1.82) is 0 Å². The second-order valence-corrected chi connectivity index (χ2v) is 7.36. The van der Waals surface area contributed by atoms with Gasteiger partial charge in [0.1, 0.15) is 0 Å². The van der Waals surface area contributed by atoms with E-state index in [0.29, 0.717) is 0 Å². The summed E-state index contributed by atoms with van der Waals surface area (Å²) < 4.78 is 0. The zero-order valence-electron chi connectivity index (χ0n) is 16.2. The molecule has 1 heteroatoms. The quantitative estimate of drug-likeness (QED) is 0.406. The van der Waals surface area contributed by atoms with Crippen molar-refractivity contribution in [3.05, 3.63) is 125 Å². The number of hydrogen-bond acceptors (Lipinski definition) is 1. The van der Waals surface area contributed by atoms with Crippen molar-refractivity contribution in [3.63, 3.8) is 0 Å². The highest BCUT2D eigenvalue weighted by Gasteiger charge is 2.13. The summed E-state index contributed by atoms with van der Waals surface area (Å²) in [6.45, 7) is 2.12. The van der Waals surface area contributed by atoms with E-state index in [4.69, 9.17) is 5.73 Å². The van der Waals surface area contributed by atoms with Crippen LogP contribution in [0.2, 0.25) is 0 Å². The van der Waals surface area contributed by atoms with Crippen LogP contribution >= 0.6 is 0 Å². The van der Waals surface area contributed by atoms with Crippen molar-refractivity contribution < 1.29 is 0 Å². The highest BCUT2D eigenvalue weighted by atomic mass is 14.6. The van der Waals surface area contributed by atoms with Crippen LogP contribution in [0.3, 0.4) is 0 Å². The molecule has 2 N–H and O–H groups in total. The SMILES string of the molecule is Cc1ccc(-c2ccc(Cc3ccccc3)c(N)c2Cc2ccccc2)cc1. The van der Waals surface area contributed by atoms with Crippen LogP contribution in [0.5, 0.6) is 0 Å². The minimum absolute atomic E-state index is 0.832. The molecule has 1 nitrogen and oxygen atoms in total. The Hall–Kier alpha value is -3.32. The molecule has 0 aliphatic heterocycles. The van der Waals surface area contributed by atoms with Gasteiger partial charge in [0.2, 0.25) is 0 Å². The van der Waals surface area contributed by atoms with Crippen LogP contribution in [0.15, 0.2) is 97.1 Å². The van der Waals surface area contributed by atoms with Crippen LogP contribution in [0.25, 0.3) is 11.1 Å². The maximum absolute atomic E-state index is 6.75. The predicted molar refractivity (Wildman–Crippen MR) is 120 cm³/mol. The molecule has 0 radical (unpaired) electrons. The Bertz CT molecular complexity index is 1050. The third-order valence-electron chi connectivity index (χ3n) is 5.27. The Morgan fingerprint density at radius 2 is 1.18 bits per heavy atom. The molecule has 0 aromatic heterocycles. The Morgan fingerprint density at radius 1 is 0.607 bits per heavy atom. The van der Waals surface area contributed by atoms with Gasteiger partial charge in [0.05, 0.1) is 0 Å². The molecule has 0 bridgehead atoms. The van der Waals surface area contributed by atoms with E-state index in [1.165, 1.54) is 38.9 Å². The molecular formula is C27H25N. The lowest BCUT2D eigenvalue weighted by molar-refractivity contribution is 1.15. The molecule has 28 heavy (non-hydrogen) atoms. The fraction of sp³-hybridized carbons (Fsp3) is 0.111. The van der Waals surface area contributed by atoms with Crippen LogP contribution in [-0.4, -0.2) is 0 Å². The molecule has 0 atom stereocenters. The van der Waals surface area contributed by atoms with Gasteiger partial charge in [-0.25, -0.2) is 0 Å². The Labute approximate surface area is 167 Å². The first-order valence-electron chi connectivity index (χ1n) is 9.76. The van der Waals surface area contributed by atoms with Crippen LogP contribution in [0.4, 0.5) is 5.69 Å². The van der Waals surface area contributed by atoms with Gasteiger partial charge in [-0.1, -0.05) is 103 Å². The zero-order chi connectivity index (χ0) is 19.3. The van der Waals surface area contributed by atoms with Crippen molar-refractivity contribution >= 4 is 5.69 Å². The van der Waals surface area contributed by atoms with E-state index in [2.05, 4.69) is 97.9 Å². The average Bonchev–Trinajstić information content (AvgIpc) is 2.73. The minimum atomic E-state index is 0.832. The van der Waals surface area contributed by atoms with Gasteiger partial charge in [-0.2, -0.15) is 0 Å². The highest BCUT2D eigenvalue weighted by molar-refractivity contribution is 5.76. The molecule has 0 saturated carbocycles. The molecule has 0 aliphatic rings. The number of benzene rings is 4. The third kappa shape index (κ3) is 3.99. The summed E-state index contributed by atoms with van der Waals surface area (Å²) in [5, 5.41) is 0. The molecule has 0 heterocycles. The monoisotopic (exact) mass is 363 g/mol. The minimum Gasteiger partial charge on any atom is -0.398 e. The molecule has 0 saturated heterocycles. The van der Waals surface area contributed by atoms with Gasteiger partial charge >= 0.3 is 0 Å². The zero-order valence-corrected chi connectivity index (χ0v) is 16.2. The maximum Gasteiger partial charge on any atom is 0.0392 e. The van der Waals surface area contributed by atoms with E-state index in [-0.39, 0.29) is 0 Å². The van der Waals surface area contributed by atoms with Crippen LogP contribution in [-0.2, 0) is 12.8 Å². The third-order valence-corrected chi connectivity index (χ3v) is 5.27. The Morgan fingerprint density at radius 3 is 1.79 bits per heavy atom. The van der Waals surface area contributed by atoms with Gasteiger partial charge in [0.25, 0.3) is 0 Å². The fourth-order valence-electron chi connectivity index (χ4n) is 3.68. The number of nitrogen functional groups attached to an aromatic ring is 1. The van der Waals surface area contributed by atoms with Gasteiger partial charge in [-0.05, 0) is 46.7 Å². The van der Waals surface area contributed by atoms with Crippen molar-refractivity contribution in [2.24, 2.45) is 0 Å². The molecule has 0 spiro atoms. The fourth-order valence-corrected chi connectivity index (χ4v) is 3.68. The lowest BCUT2D eigenvalue weighted by Gasteiger charge is -2.17. The number of rotatable bonds is 5. The number of anilines is 1. The predicted octanol–water partition coefficient (Wildman–Crippen LogP) is 6.43. The van der Waals surface area contributed by atoms with Crippen molar-refractivity contribution in [1.82, 2.24) is 0 Å². The molecular weight excluding hydrogens is 338 g/mol. The highest BCUT2D eigenvalue weighted by Crippen LogP contribution is 2.33. The first-order valence-corrected chi connectivity index (χ1v) is 9.76. The summed E-state index contributed by atoms with van der Waals surface area (Å²) >= 11 is 0. The number of aryl methyl sites for hydroxylation is 1. The molecule has 0 aliphatic carbocycles. The summed E-state index contributed by atoms with van der Waals surface area (Å²) in [5.41, 5.74) is 16.3. The standard InChI is InChI=1S/C27H25N/c1-20-12-14-23(15-13-20)25-17-16-24(18-21-8-4-2-5-9-21)27(28)26(25)19-22-10-6-3-7-11-22/h2-17H,18-19,28H2,1H3. The lowest BCUT2D eigenvalue weighted by atomic mass is 9.89. The van der Waals surface area contributed by atoms with Crippen LogP contribution in [0.1, 0.15) is 27.8 Å². The Kier molecular flexibility index (Phi) is 5.25. The first-order chi connectivity index (χ1) is 13.7. The Balaban J connectivity index is 1.79. The summed E-state index contributed by atoms with van der Waals surface area (Å²) in [6.07, 6.45) is 1.68. The number of hydrogen-bond donors (Lipinski definition) is 1. The molecule has 0 fully saturated rings. The van der Waals surface area contributed by atoms with Gasteiger partial charge in [-0.3, -0.25) is 0 Å². The molecule has 138 valence electrons. The normalized spacial score (nSPS) is 10.8. The maximum atomic E-state index is 6.75. The first kappa shape index (κ1) is 18.1. The van der Waals surface area contributed by atoms with Crippen molar-refractivity contribution in [2.75, 3.05) is 5.73 Å². The van der Waals surface area contributed by atoms with E-state index in [0.717, 1.165) is 18.5 Å². The molecule has 0 unspecified atom stereocenters. The average molecular weight is 364 g/mol. The summed E-state index contributed by atoms with van der Waals surface area (Å²) in [4.78, 5) is 0.